The highest BCUT2D eigenvalue weighted by molar-refractivity contribution is 5.79. The average Bonchev–Trinajstić information content (AvgIpc) is 2.90. The molecule has 1 aromatic carbocycles. The topological polar surface area (TPSA) is 42.1 Å². The Morgan fingerprint density at radius 2 is 2.25 bits per heavy atom. The maximum atomic E-state index is 5.99. The van der Waals surface area contributed by atoms with Crippen molar-refractivity contribution >= 4 is 10.9 Å². The van der Waals surface area contributed by atoms with E-state index < -0.39 is 0 Å². The Hall–Kier alpha value is -1.45. The Morgan fingerprint density at radius 1 is 1.35 bits per heavy atom. The van der Waals surface area contributed by atoms with Crippen molar-refractivity contribution in [2.75, 3.05) is 19.6 Å². The molecule has 1 aromatic heterocycles. The van der Waals surface area contributed by atoms with Crippen molar-refractivity contribution in [3.63, 3.8) is 0 Å². The van der Waals surface area contributed by atoms with Gasteiger partial charge in [0.1, 0.15) is 0 Å². The lowest BCUT2D eigenvalue weighted by molar-refractivity contribution is 0.231. The van der Waals surface area contributed by atoms with E-state index in [1.807, 2.05) is 12.3 Å². The van der Waals surface area contributed by atoms with Crippen molar-refractivity contribution < 1.29 is 0 Å². The molecule has 1 fully saturated rings. The number of pyridine rings is 1. The van der Waals surface area contributed by atoms with E-state index >= 15 is 0 Å². The van der Waals surface area contributed by atoms with Gasteiger partial charge < -0.3 is 5.73 Å². The Balaban J connectivity index is 1.97. The highest BCUT2D eigenvalue weighted by Crippen LogP contribution is 2.37. The van der Waals surface area contributed by atoms with Gasteiger partial charge in [-0.05, 0) is 62.2 Å². The number of hydrogen-bond acceptors (Lipinski definition) is 3. The van der Waals surface area contributed by atoms with Crippen molar-refractivity contribution in [3.8, 4) is 0 Å². The number of rotatable bonds is 4. The van der Waals surface area contributed by atoms with Crippen molar-refractivity contribution in [2.24, 2.45) is 11.7 Å². The minimum Gasteiger partial charge on any atom is -0.330 e. The number of nitrogens with zero attached hydrogens (tertiary/aromatic N) is 2. The van der Waals surface area contributed by atoms with Crippen LogP contribution < -0.4 is 5.73 Å². The highest BCUT2D eigenvalue weighted by atomic mass is 15.2. The van der Waals surface area contributed by atoms with Crippen molar-refractivity contribution in [3.05, 3.63) is 42.1 Å². The summed E-state index contributed by atoms with van der Waals surface area (Å²) in [6.07, 6.45) is 4.26. The molecular weight excluding hydrogens is 246 g/mol. The van der Waals surface area contributed by atoms with Crippen LogP contribution in [0.3, 0.4) is 0 Å². The Labute approximate surface area is 120 Å². The smallest absolute Gasteiger partial charge is 0.0702 e. The van der Waals surface area contributed by atoms with Gasteiger partial charge in [-0.15, -0.1) is 0 Å². The maximum Gasteiger partial charge on any atom is 0.0702 e. The minimum absolute atomic E-state index is 0.476. The molecule has 2 aromatic rings. The number of fused-ring (bicyclic) bond motifs is 1. The molecule has 3 nitrogen and oxygen atoms in total. The first kappa shape index (κ1) is 13.5. The first-order valence-corrected chi connectivity index (χ1v) is 7.62. The molecule has 2 N–H and O–H groups in total. The molecule has 1 aliphatic heterocycles. The lowest BCUT2D eigenvalue weighted by Gasteiger charge is -2.28. The zero-order chi connectivity index (χ0) is 13.9. The van der Waals surface area contributed by atoms with Crippen LogP contribution in [-0.4, -0.2) is 29.5 Å². The van der Waals surface area contributed by atoms with Gasteiger partial charge in [0, 0.05) is 17.6 Å². The van der Waals surface area contributed by atoms with E-state index in [4.69, 9.17) is 5.73 Å². The lowest BCUT2D eigenvalue weighted by atomic mass is 9.93. The fourth-order valence-corrected chi connectivity index (χ4v) is 3.47. The Bertz CT molecular complexity index is 581. The number of nitrogens with two attached hydrogens (primary N) is 1. The molecular formula is C17H23N3. The Morgan fingerprint density at radius 3 is 3.05 bits per heavy atom. The summed E-state index contributed by atoms with van der Waals surface area (Å²) in [4.78, 5) is 7.00. The first-order valence-electron chi connectivity index (χ1n) is 7.62. The molecule has 20 heavy (non-hydrogen) atoms. The summed E-state index contributed by atoms with van der Waals surface area (Å²) in [5.74, 6) is 0.579. The zero-order valence-corrected chi connectivity index (χ0v) is 12.1. The summed E-state index contributed by atoms with van der Waals surface area (Å²) in [7, 11) is 0. The second kappa shape index (κ2) is 5.90. The molecule has 0 bridgehead atoms. The van der Waals surface area contributed by atoms with Crippen molar-refractivity contribution in [1.82, 2.24) is 9.88 Å². The first-order chi connectivity index (χ1) is 9.83. The minimum atomic E-state index is 0.476. The standard InChI is InChI=1S/C17H23N3/c1-2-9-20-10-7-15(12-18)17(20)14-5-6-16-13(11-14)4-3-8-19-16/h3-6,8,11,15,17H,2,7,9-10,12,18H2,1H3. The van der Waals surface area contributed by atoms with Gasteiger partial charge in [0.2, 0.25) is 0 Å². The number of benzene rings is 1. The SMILES string of the molecule is CCCN1CCC(CN)C1c1ccc2ncccc2c1. The summed E-state index contributed by atoms with van der Waals surface area (Å²) in [6.45, 7) is 5.35. The van der Waals surface area contributed by atoms with E-state index in [1.165, 1.54) is 30.3 Å². The number of likely N-dealkylation sites (tertiary alicyclic amines) is 1. The second-order valence-electron chi connectivity index (χ2n) is 5.72. The predicted octanol–water partition coefficient (Wildman–Crippen LogP) is 2.97. The van der Waals surface area contributed by atoms with E-state index in [0.29, 0.717) is 12.0 Å². The van der Waals surface area contributed by atoms with Crippen LogP contribution in [0.5, 0.6) is 0 Å². The van der Waals surface area contributed by atoms with Crippen LogP contribution in [0, 0.1) is 5.92 Å². The van der Waals surface area contributed by atoms with E-state index in [9.17, 15) is 0 Å². The Kier molecular flexibility index (Phi) is 3.99. The van der Waals surface area contributed by atoms with Gasteiger partial charge >= 0.3 is 0 Å². The summed E-state index contributed by atoms with van der Waals surface area (Å²) in [5, 5.41) is 1.23. The van der Waals surface area contributed by atoms with Crippen LogP contribution in [0.4, 0.5) is 0 Å². The van der Waals surface area contributed by atoms with Gasteiger partial charge in [-0.3, -0.25) is 9.88 Å². The third kappa shape index (κ3) is 2.43. The second-order valence-corrected chi connectivity index (χ2v) is 5.72. The lowest BCUT2D eigenvalue weighted by Crippen LogP contribution is -2.28. The van der Waals surface area contributed by atoms with Gasteiger partial charge in [-0.2, -0.15) is 0 Å². The molecule has 1 saturated heterocycles. The molecule has 0 aliphatic carbocycles. The van der Waals surface area contributed by atoms with Gasteiger partial charge in [0.05, 0.1) is 5.52 Å². The molecule has 2 heterocycles. The van der Waals surface area contributed by atoms with Gasteiger partial charge in [0.25, 0.3) is 0 Å². The van der Waals surface area contributed by atoms with Crippen molar-refractivity contribution in [2.45, 2.75) is 25.8 Å². The molecule has 0 spiro atoms. The summed E-state index contributed by atoms with van der Waals surface area (Å²) < 4.78 is 0. The van der Waals surface area contributed by atoms with E-state index in [1.54, 1.807) is 0 Å². The molecule has 1 aliphatic rings. The third-order valence-corrected chi connectivity index (χ3v) is 4.41. The monoisotopic (exact) mass is 269 g/mol. The summed E-state index contributed by atoms with van der Waals surface area (Å²) in [5.41, 5.74) is 8.46. The summed E-state index contributed by atoms with van der Waals surface area (Å²) in [6, 6.07) is 11.3. The predicted molar refractivity (Wildman–Crippen MR) is 83.5 cm³/mol. The van der Waals surface area contributed by atoms with Crippen LogP contribution in [0.15, 0.2) is 36.5 Å². The van der Waals surface area contributed by atoms with E-state index in [-0.39, 0.29) is 0 Å². The molecule has 3 heteroatoms. The molecule has 2 atom stereocenters. The van der Waals surface area contributed by atoms with Crippen LogP contribution in [-0.2, 0) is 0 Å². The van der Waals surface area contributed by atoms with Crippen molar-refractivity contribution in [1.29, 1.82) is 0 Å². The maximum absolute atomic E-state index is 5.99. The zero-order valence-electron chi connectivity index (χ0n) is 12.1. The molecule has 0 radical (unpaired) electrons. The van der Waals surface area contributed by atoms with Crippen LogP contribution in [0.1, 0.15) is 31.4 Å². The molecule has 3 rings (SSSR count). The number of hydrogen-bond donors (Lipinski definition) is 1. The summed E-state index contributed by atoms with van der Waals surface area (Å²) >= 11 is 0. The van der Waals surface area contributed by atoms with Gasteiger partial charge in [0.15, 0.2) is 0 Å². The van der Waals surface area contributed by atoms with E-state index in [0.717, 1.165) is 18.6 Å². The molecule has 0 amide bonds. The fraction of sp³-hybridized carbons (Fsp3) is 0.471. The molecule has 2 unspecified atom stereocenters. The quantitative estimate of drug-likeness (QED) is 0.928. The molecule has 0 saturated carbocycles. The van der Waals surface area contributed by atoms with Gasteiger partial charge in [-0.25, -0.2) is 0 Å². The van der Waals surface area contributed by atoms with Crippen LogP contribution in [0.25, 0.3) is 10.9 Å². The third-order valence-electron chi connectivity index (χ3n) is 4.41. The highest BCUT2D eigenvalue weighted by Gasteiger charge is 2.33. The average molecular weight is 269 g/mol. The number of aromatic nitrogens is 1. The van der Waals surface area contributed by atoms with E-state index in [2.05, 4.69) is 41.1 Å². The fourth-order valence-electron chi connectivity index (χ4n) is 3.47. The normalized spacial score (nSPS) is 23.5. The largest absolute Gasteiger partial charge is 0.330 e. The van der Waals surface area contributed by atoms with Gasteiger partial charge in [-0.1, -0.05) is 19.1 Å². The van der Waals surface area contributed by atoms with Crippen LogP contribution >= 0.6 is 0 Å². The van der Waals surface area contributed by atoms with Crippen LogP contribution in [0.2, 0.25) is 0 Å². The molecule has 106 valence electrons.